The Morgan fingerprint density at radius 1 is 1.04 bits per heavy atom. The Hall–Kier alpha value is -3.51. The lowest BCUT2D eigenvalue weighted by Gasteiger charge is -2.12. The molecule has 138 valence electrons. The number of benzene rings is 3. The van der Waals surface area contributed by atoms with Crippen LogP contribution in [0.3, 0.4) is 0 Å². The van der Waals surface area contributed by atoms with Crippen LogP contribution in [0.15, 0.2) is 71.5 Å². The molecule has 2 N–H and O–H groups in total. The van der Waals surface area contributed by atoms with Crippen molar-refractivity contribution in [3.05, 3.63) is 93.5 Å². The molecule has 0 atom stereocenters. The average Bonchev–Trinajstić information content (AvgIpc) is 2.69. The molecular weight excluding hydrogens is 381 g/mol. The first kappa shape index (κ1) is 17.9. The molecule has 0 spiro atoms. The van der Waals surface area contributed by atoms with Crippen LogP contribution >= 0.6 is 11.6 Å². The van der Waals surface area contributed by atoms with E-state index in [4.69, 9.17) is 11.6 Å². The summed E-state index contributed by atoms with van der Waals surface area (Å²) < 4.78 is 13.1. The molecule has 5 nitrogen and oxygen atoms in total. The summed E-state index contributed by atoms with van der Waals surface area (Å²) in [6.07, 6.45) is 0. The highest BCUT2D eigenvalue weighted by atomic mass is 35.5. The number of H-pyrrole nitrogens is 1. The SMILES string of the molecule is O=C(Nc1ccc(Cl)cc1-c1nc2ccccc2[nH]c1=O)c1ccc(F)cc1. The second kappa shape index (κ2) is 7.25. The smallest absolute Gasteiger partial charge is 0.275 e. The summed E-state index contributed by atoms with van der Waals surface area (Å²) >= 11 is 6.11. The lowest BCUT2D eigenvalue weighted by atomic mass is 10.1. The Bertz CT molecular complexity index is 1250. The van der Waals surface area contributed by atoms with E-state index in [0.29, 0.717) is 27.3 Å². The summed E-state index contributed by atoms with van der Waals surface area (Å²) in [6.45, 7) is 0. The molecule has 7 heteroatoms. The zero-order chi connectivity index (χ0) is 19.7. The van der Waals surface area contributed by atoms with E-state index in [1.807, 2.05) is 6.07 Å². The molecule has 0 bridgehead atoms. The summed E-state index contributed by atoms with van der Waals surface area (Å²) in [4.78, 5) is 32.3. The quantitative estimate of drug-likeness (QED) is 0.532. The van der Waals surface area contributed by atoms with Gasteiger partial charge in [-0.3, -0.25) is 9.59 Å². The van der Waals surface area contributed by atoms with Crippen molar-refractivity contribution < 1.29 is 9.18 Å². The van der Waals surface area contributed by atoms with E-state index in [-0.39, 0.29) is 11.3 Å². The normalized spacial score (nSPS) is 10.8. The number of fused-ring (bicyclic) bond motifs is 1. The van der Waals surface area contributed by atoms with E-state index in [1.165, 1.54) is 24.3 Å². The minimum absolute atomic E-state index is 0.135. The van der Waals surface area contributed by atoms with Crippen LogP contribution in [-0.2, 0) is 0 Å². The van der Waals surface area contributed by atoms with Crippen molar-refractivity contribution in [2.75, 3.05) is 5.32 Å². The number of anilines is 1. The Morgan fingerprint density at radius 2 is 1.79 bits per heavy atom. The molecule has 4 aromatic rings. The van der Waals surface area contributed by atoms with Crippen LogP contribution in [-0.4, -0.2) is 15.9 Å². The first-order chi connectivity index (χ1) is 13.5. The van der Waals surface area contributed by atoms with Crippen molar-refractivity contribution in [3.63, 3.8) is 0 Å². The highest BCUT2D eigenvalue weighted by molar-refractivity contribution is 6.31. The molecule has 28 heavy (non-hydrogen) atoms. The largest absolute Gasteiger partial charge is 0.321 e. The van der Waals surface area contributed by atoms with Crippen LogP contribution in [0, 0.1) is 5.82 Å². The topological polar surface area (TPSA) is 74.8 Å². The third-order valence-corrected chi connectivity index (χ3v) is 4.43. The van der Waals surface area contributed by atoms with Gasteiger partial charge in [0.1, 0.15) is 11.5 Å². The van der Waals surface area contributed by atoms with Crippen LogP contribution in [0.2, 0.25) is 5.02 Å². The highest BCUT2D eigenvalue weighted by Crippen LogP contribution is 2.29. The molecule has 0 unspecified atom stereocenters. The fourth-order valence-corrected chi connectivity index (χ4v) is 3.00. The van der Waals surface area contributed by atoms with Gasteiger partial charge in [0.25, 0.3) is 11.5 Å². The molecule has 1 aromatic heterocycles. The highest BCUT2D eigenvalue weighted by Gasteiger charge is 2.15. The molecule has 0 aliphatic carbocycles. The van der Waals surface area contributed by atoms with Gasteiger partial charge in [-0.15, -0.1) is 0 Å². The number of rotatable bonds is 3. The second-order valence-corrected chi connectivity index (χ2v) is 6.52. The first-order valence-electron chi connectivity index (χ1n) is 8.37. The van der Waals surface area contributed by atoms with Crippen LogP contribution in [0.5, 0.6) is 0 Å². The van der Waals surface area contributed by atoms with Gasteiger partial charge in [-0.2, -0.15) is 0 Å². The Balaban J connectivity index is 1.79. The standard InChI is InChI=1S/C21H13ClFN3O2/c22-13-7-10-16(25-20(27)12-5-8-14(23)9-6-12)15(11-13)19-21(28)26-18-4-2-1-3-17(18)24-19/h1-11H,(H,25,27)(H,26,28). The van der Waals surface area contributed by atoms with Crippen LogP contribution < -0.4 is 10.9 Å². The number of carbonyl (C=O) groups excluding carboxylic acids is 1. The molecule has 0 radical (unpaired) electrons. The van der Waals surface area contributed by atoms with Crippen molar-refractivity contribution in [1.82, 2.24) is 9.97 Å². The number of halogens is 2. The summed E-state index contributed by atoms with van der Waals surface area (Å²) in [6, 6.07) is 17.0. The number of carbonyl (C=O) groups is 1. The zero-order valence-corrected chi connectivity index (χ0v) is 15.1. The molecule has 0 saturated carbocycles. The molecule has 1 heterocycles. The van der Waals surface area contributed by atoms with Crippen LogP contribution in [0.25, 0.3) is 22.3 Å². The maximum Gasteiger partial charge on any atom is 0.275 e. The monoisotopic (exact) mass is 393 g/mol. The fraction of sp³-hybridized carbons (Fsp3) is 0. The minimum Gasteiger partial charge on any atom is -0.321 e. The molecule has 3 aromatic carbocycles. The molecule has 4 rings (SSSR count). The third-order valence-electron chi connectivity index (χ3n) is 4.19. The van der Waals surface area contributed by atoms with Gasteiger partial charge in [-0.25, -0.2) is 9.37 Å². The van der Waals surface area contributed by atoms with Gasteiger partial charge in [-0.1, -0.05) is 23.7 Å². The van der Waals surface area contributed by atoms with E-state index < -0.39 is 17.3 Å². The van der Waals surface area contributed by atoms with Crippen molar-refractivity contribution in [3.8, 4) is 11.3 Å². The summed E-state index contributed by atoms with van der Waals surface area (Å²) in [5.41, 5.74) is 1.97. The number of nitrogens with one attached hydrogen (secondary N) is 2. The summed E-state index contributed by atoms with van der Waals surface area (Å²) in [5, 5.41) is 3.13. The van der Waals surface area contributed by atoms with Crippen LogP contribution in [0.1, 0.15) is 10.4 Å². The van der Waals surface area contributed by atoms with E-state index in [1.54, 1.807) is 36.4 Å². The second-order valence-electron chi connectivity index (χ2n) is 6.08. The lowest BCUT2D eigenvalue weighted by molar-refractivity contribution is 0.102. The van der Waals surface area contributed by atoms with Crippen molar-refractivity contribution in [2.24, 2.45) is 0 Å². The van der Waals surface area contributed by atoms with Crippen molar-refractivity contribution in [2.45, 2.75) is 0 Å². The number of hydrogen-bond donors (Lipinski definition) is 2. The zero-order valence-electron chi connectivity index (χ0n) is 14.4. The van der Waals surface area contributed by atoms with Gasteiger partial charge in [0.2, 0.25) is 0 Å². The number of amides is 1. The minimum atomic E-state index is -0.444. The average molecular weight is 394 g/mol. The Labute approximate surface area is 163 Å². The summed E-state index contributed by atoms with van der Waals surface area (Å²) in [5.74, 6) is -0.878. The number of nitrogens with zero attached hydrogens (tertiary/aromatic N) is 1. The molecule has 0 fully saturated rings. The Kier molecular flexibility index (Phi) is 4.63. The van der Waals surface area contributed by atoms with Crippen molar-refractivity contribution in [1.29, 1.82) is 0 Å². The van der Waals surface area contributed by atoms with E-state index >= 15 is 0 Å². The number of aromatic nitrogens is 2. The molecular formula is C21H13ClFN3O2. The number of hydrogen-bond acceptors (Lipinski definition) is 3. The number of aromatic amines is 1. The predicted molar refractivity (Wildman–Crippen MR) is 107 cm³/mol. The van der Waals surface area contributed by atoms with Gasteiger partial charge in [-0.05, 0) is 54.6 Å². The maximum atomic E-state index is 13.1. The van der Waals surface area contributed by atoms with E-state index in [9.17, 15) is 14.0 Å². The van der Waals surface area contributed by atoms with Crippen molar-refractivity contribution >= 4 is 34.2 Å². The van der Waals surface area contributed by atoms with E-state index in [2.05, 4.69) is 15.3 Å². The van der Waals surface area contributed by atoms with Crippen LogP contribution in [0.4, 0.5) is 10.1 Å². The fourth-order valence-electron chi connectivity index (χ4n) is 2.83. The predicted octanol–water partition coefficient (Wildman–Crippen LogP) is 4.63. The number of para-hydroxylation sites is 2. The Morgan fingerprint density at radius 3 is 2.57 bits per heavy atom. The molecule has 0 aliphatic rings. The van der Waals surface area contributed by atoms with Gasteiger partial charge < -0.3 is 10.3 Å². The van der Waals surface area contributed by atoms with E-state index in [0.717, 1.165) is 0 Å². The molecule has 1 amide bonds. The summed E-state index contributed by atoms with van der Waals surface area (Å²) in [7, 11) is 0. The molecule has 0 aliphatic heterocycles. The van der Waals surface area contributed by atoms with Gasteiger partial charge in [0, 0.05) is 16.1 Å². The molecule has 0 saturated heterocycles. The third kappa shape index (κ3) is 3.50. The lowest BCUT2D eigenvalue weighted by Crippen LogP contribution is -2.16. The van der Waals surface area contributed by atoms with Gasteiger partial charge in [0.05, 0.1) is 16.7 Å². The maximum absolute atomic E-state index is 13.1. The van der Waals surface area contributed by atoms with Gasteiger partial charge in [0.15, 0.2) is 0 Å². The van der Waals surface area contributed by atoms with Gasteiger partial charge >= 0.3 is 0 Å². The first-order valence-corrected chi connectivity index (χ1v) is 8.75.